The van der Waals surface area contributed by atoms with Gasteiger partial charge in [-0.05, 0) is 23.3 Å². The van der Waals surface area contributed by atoms with Crippen molar-refractivity contribution in [1.29, 1.82) is 5.26 Å². The maximum atomic E-state index is 10.1. The van der Waals surface area contributed by atoms with Crippen molar-refractivity contribution >= 4 is 0 Å². The minimum absolute atomic E-state index is 0.360. The van der Waals surface area contributed by atoms with Gasteiger partial charge in [0, 0.05) is 7.05 Å². The Hall–Kier alpha value is -2.19. The smallest absolute Gasteiger partial charge is 0.0991 e. The van der Waals surface area contributed by atoms with Crippen LogP contribution in [0.15, 0.2) is 54.6 Å². The van der Waals surface area contributed by atoms with Crippen molar-refractivity contribution in [2.75, 3.05) is 13.6 Å². The number of hydrogen-bond donors (Lipinski definition) is 1. The molecule has 1 unspecified atom stereocenters. The second-order valence-electron chi connectivity index (χ2n) is 4.82. The van der Waals surface area contributed by atoms with Crippen LogP contribution in [0.1, 0.15) is 22.8 Å². The fourth-order valence-corrected chi connectivity index (χ4v) is 1.94. The Labute approximate surface area is 124 Å². The third kappa shape index (κ3) is 4.69. The van der Waals surface area contributed by atoms with Gasteiger partial charge in [-0.2, -0.15) is 10.3 Å². The molecule has 0 saturated carbocycles. The topological polar surface area (TPSA) is 56.5 Å². The summed E-state index contributed by atoms with van der Waals surface area (Å²) in [5.74, 6) is 0. The van der Waals surface area contributed by atoms with E-state index in [9.17, 15) is 5.11 Å². The van der Waals surface area contributed by atoms with Crippen LogP contribution in [0.3, 0.4) is 0 Å². The van der Waals surface area contributed by atoms with Gasteiger partial charge in [0.25, 0.3) is 0 Å². The molecule has 0 fully saturated rings. The average molecular weight is 282 g/mol. The minimum Gasteiger partial charge on any atom is -0.387 e. The molecule has 2 rings (SSSR count). The Morgan fingerprint density at radius 2 is 1.81 bits per heavy atom. The fourth-order valence-electron chi connectivity index (χ4n) is 1.94. The lowest BCUT2D eigenvalue weighted by Gasteiger charge is -2.20. The van der Waals surface area contributed by atoms with Gasteiger partial charge in [-0.25, -0.2) is 0 Å². The highest BCUT2D eigenvalue weighted by Gasteiger charge is 2.11. The standard InChI is InChI=1S/C17H18N2O2/c1-19(21-13-15-5-3-2-4-6-15)12-17(20)16-9-7-14(11-18)8-10-16/h2-10,17,20H,12-13H2,1H3. The van der Waals surface area contributed by atoms with Crippen molar-refractivity contribution in [3.63, 3.8) is 0 Å². The summed E-state index contributed by atoms with van der Waals surface area (Å²) in [5.41, 5.74) is 2.43. The first kappa shape index (κ1) is 15.2. The predicted molar refractivity (Wildman–Crippen MR) is 80.0 cm³/mol. The van der Waals surface area contributed by atoms with E-state index in [4.69, 9.17) is 10.1 Å². The molecule has 1 atom stereocenters. The number of rotatable bonds is 6. The van der Waals surface area contributed by atoms with E-state index in [1.165, 1.54) is 0 Å². The third-order valence-electron chi connectivity index (χ3n) is 3.15. The van der Waals surface area contributed by atoms with E-state index in [1.54, 1.807) is 36.4 Å². The SMILES string of the molecule is CN(CC(O)c1ccc(C#N)cc1)OCc1ccccc1. The summed E-state index contributed by atoms with van der Waals surface area (Å²) in [5, 5.41) is 20.5. The van der Waals surface area contributed by atoms with E-state index >= 15 is 0 Å². The Balaban J connectivity index is 1.84. The summed E-state index contributed by atoms with van der Waals surface area (Å²) >= 11 is 0. The van der Waals surface area contributed by atoms with E-state index < -0.39 is 6.10 Å². The second-order valence-corrected chi connectivity index (χ2v) is 4.82. The normalized spacial score (nSPS) is 12.1. The highest BCUT2D eigenvalue weighted by atomic mass is 16.7. The van der Waals surface area contributed by atoms with Crippen LogP contribution < -0.4 is 0 Å². The maximum absolute atomic E-state index is 10.1. The quantitative estimate of drug-likeness (QED) is 0.828. The second kappa shape index (κ2) is 7.55. The first-order valence-corrected chi connectivity index (χ1v) is 6.75. The van der Waals surface area contributed by atoms with E-state index in [1.807, 2.05) is 30.3 Å². The lowest BCUT2D eigenvalue weighted by atomic mass is 10.1. The third-order valence-corrected chi connectivity index (χ3v) is 3.15. The van der Waals surface area contributed by atoms with Gasteiger partial charge < -0.3 is 5.11 Å². The Morgan fingerprint density at radius 3 is 2.43 bits per heavy atom. The van der Waals surface area contributed by atoms with Gasteiger partial charge in [0.15, 0.2) is 0 Å². The summed E-state index contributed by atoms with van der Waals surface area (Å²) in [6, 6.07) is 18.8. The summed E-state index contributed by atoms with van der Waals surface area (Å²) in [7, 11) is 1.79. The molecule has 0 aliphatic rings. The largest absolute Gasteiger partial charge is 0.387 e. The molecule has 0 aliphatic carbocycles. The number of aliphatic hydroxyl groups excluding tert-OH is 1. The first-order chi connectivity index (χ1) is 10.2. The Bertz CT molecular complexity index is 590. The summed E-state index contributed by atoms with van der Waals surface area (Å²) in [6.45, 7) is 0.830. The van der Waals surface area contributed by atoms with E-state index in [2.05, 4.69) is 6.07 Å². The summed E-state index contributed by atoms with van der Waals surface area (Å²) in [6.07, 6.45) is -0.654. The summed E-state index contributed by atoms with van der Waals surface area (Å²) < 4.78 is 0. The van der Waals surface area contributed by atoms with Crippen molar-refractivity contribution < 1.29 is 9.94 Å². The fraction of sp³-hybridized carbons (Fsp3) is 0.235. The van der Waals surface area contributed by atoms with Crippen LogP contribution in [0.2, 0.25) is 0 Å². The molecule has 0 saturated heterocycles. The van der Waals surface area contributed by atoms with E-state index in [0.717, 1.165) is 11.1 Å². The van der Waals surface area contributed by atoms with Crippen LogP contribution in [0.25, 0.3) is 0 Å². The van der Waals surface area contributed by atoms with Crippen molar-refractivity contribution in [2.24, 2.45) is 0 Å². The molecule has 4 nitrogen and oxygen atoms in total. The van der Waals surface area contributed by atoms with E-state index in [-0.39, 0.29) is 0 Å². The lowest BCUT2D eigenvalue weighted by Crippen LogP contribution is -2.24. The van der Waals surface area contributed by atoms with Gasteiger partial charge in [0.2, 0.25) is 0 Å². The number of hydroxylamine groups is 2. The molecule has 4 heteroatoms. The van der Waals surface area contributed by atoms with Crippen LogP contribution in [0, 0.1) is 11.3 Å². The number of nitriles is 1. The Morgan fingerprint density at radius 1 is 1.14 bits per heavy atom. The number of likely N-dealkylation sites (N-methyl/N-ethyl adjacent to an activating group) is 1. The molecule has 2 aromatic carbocycles. The van der Waals surface area contributed by atoms with Gasteiger partial charge in [-0.15, -0.1) is 0 Å². The van der Waals surface area contributed by atoms with Gasteiger partial charge in [-0.1, -0.05) is 42.5 Å². The van der Waals surface area contributed by atoms with Crippen LogP contribution in [0.4, 0.5) is 0 Å². The zero-order chi connectivity index (χ0) is 15.1. The van der Waals surface area contributed by atoms with Crippen LogP contribution >= 0.6 is 0 Å². The number of benzene rings is 2. The van der Waals surface area contributed by atoms with Crippen LogP contribution in [-0.4, -0.2) is 23.8 Å². The van der Waals surface area contributed by atoms with E-state index in [0.29, 0.717) is 18.7 Å². The van der Waals surface area contributed by atoms with Crippen molar-refractivity contribution in [2.45, 2.75) is 12.7 Å². The van der Waals surface area contributed by atoms with Crippen molar-refractivity contribution in [3.8, 4) is 6.07 Å². The maximum Gasteiger partial charge on any atom is 0.0991 e. The Kier molecular flexibility index (Phi) is 5.47. The van der Waals surface area contributed by atoms with Gasteiger partial charge in [-0.3, -0.25) is 4.84 Å². The lowest BCUT2D eigenvalue weighted by molar-refractivity contribution is -0.165. The molecule has 21 heavy (non-hydrogen) atoms. The van der Waals surface area contributed by atoms with Crippen LogP contribution in [0.5, 0.6) is 0 Å². The van der Waals surface area contributed by atoms with Crippen molar-refractivity contribution in [3.05, 3.63) is 71.3 Å². The molecule has 0 spiro atoms. The molecule has 0 amide bonds. The van der Waals surface area contributed by atoms with Crippen molar-refractivity contribution in [1.82, 2.24) is 5.06 Å². The van der Waals surface area contributed by atoms with Gasteiger partial charge in [0.05, 0.1) is 30.9 Å². The molecule has 108 valence electrons. The highest BCUT2D eigenvalue weighted by Crippen LogP contribution is 2.15. The zero-order valence-electron chi connectivity index (χ0n) is 11.9. The average Bonchev–Trinajstić information content (AvgIpc) is 2.54. The molecule has 0 bridgehead atoms. The number of aliphatic hydroxyl groups is 1. The van der Waals surface area contributed by atoms with Crippen LogP contribution in [-0.2, 0) is 11.4 Å². The predicted octanol–water partition coefficient (Wildman–Crippen LogP) is 2.66. The van der Waals surface area contributed by atoms with Gasteiger partial charge in [0.1, 0.15) is 0 Å². The number of nitrogens with zero attached hydrogens (tertiary/aromatic N) is 2. The zero-order valence-corrected chi connectivity index (χ0v) is 11.9. The molecule has 2 aromatic rings. The molecule has 0 aliphatic heterocycles. The molecule has 1 N–H and O–H groups in total. The first-order valence-electron chi connectivity index (χ1n) is 6.75. The monoisotopic (exact) mass is 282 g/mol. The summed E-state index contributed by atoms with van der Waals surface area (Å²) in [4.78, 5) is 5.59. The minimum atomic E-state index is -0.654. The molecule has 0 radical (unpaired) electrons. The molecular formula is C17H18N2O2. The molecule has 0 heterocycles. The molecular weight excluding hydrogens is 264 g/mol. The van der Waals surface area contributed by atoms with Gasteiger partial charge >= 0.3 is 0 Å². The number of hydrogen-bond acceptors (Lipinski definition) is 4. The highest BCUT2D eigenvalue weighted by molar-refractivity contribution is 5.32. The molecule has 0 aromatic heterocycles.